The predicted molar refractivity (Wildman–Crippen MR) is 90.6 cm³/mol. The molecule has 3 rings (SSSR count). The Morgan fingerprint density at radius 1 is 1.27 bits per heavy atom. The van der Waals surface area contributed by atoms with Crippen LogP contribution in [-0.4, -0.2) is 25.2 Å². The number of ether oxygens (including phenoxy) is 1. The van der Waals surface area contributed by atoms with Crippen LogP contribution in [0, 0.1) is 0 Å². The van der Waals surface area contributed by atoms with Crippen molar-refractivity contribution in [2.24, 2.45) is 0 Å². The van der Waals surface area contributed by atoms with Crippen molar-refractivity contribution in [2.45, 2.75) is 18.9 Å². The van der Waals surface area contributed by atoms with Gasteiger partial charge < -0.3 is 10.1 Å². The van der Waals surface area contributed by atoms with Gasteiger partial charge in [0.15, 0.2) is 0 Å². The molecular weight excluding hydrogens is 294 g/mol. The Morgan fingerprint density at radius 3 is 2.82 bits per heavy atom. The van der Waals surface area contributed by atoms with Gasteiger partial charge >= 0.3 is 0 Å². The molecule has 0 unspecified atom stereocenters. The van der Waals surface area contributed by atoms with Crippen LogP contribution in [0.25, 0.3) is 11.6 Å². The van der Waals surface area contributed by atoms with Crippen LogP contribution in [0.5, 0.6) is 0 Å². The van der Waals surface area contributed by atoms with E-state index in [2.05, 4.69) is 5.32 Å². The Hall–Kier alpha value is -1.91. The summed E-state index contributed by atoms with van der Waals surface area (Å²) in [5.41, 5.74) is 1.63. The van der Waals surface area contributed by atoms with Crippen LogP contribution >= 0.6 is 11.3 Å². The number of benzene rings is 1. The molecule has 1 saturated heterocycles. The van der Waals surface area contributed by atoms with Gasteiger partial charge in [-0.1, -0.05) is 36.4 Å². The molecule has 4 heteroatoms. The van der Waals surface area contributed by atoms with E-state index in [4.69, 9.17) is 4.74 Å². The van der Waals surface area contributed by atoms with Gasteiger partial charge in [-0.25, -0.2) is 0 Å². The van der Waals surface area contributed by atoms with Gasteiger partial charge in [-0.15, -0.1) is 11.3 Å². The van der Waals surface area contributed by atoms with Crippen molar-refractivity contribution in [2.75, 3.05) is 13.2 Å². The predicted octanol–water partition coefficient (Wildman–Crippen LogP) is 3.58. The number of rotatable bonds is 5. The van der Waals surface area contributed by atoms with E-state index >= 15 is 0 Å². The van der Waals surface area contributed by atoms with Gasteiger partial charge in [0.05, 0.1) is 6.10 Å². The van der Waals surface area contributed by atoms with Crippen LogP contribution in [0.2, 0.25) is 0 Å². The minimum absolute atomic E-state index is 0.0462. The molecule has 0 saturated carbocycles. The molecule has 1 aliphatic rings. The molecule has 114 valence electrons. The Kier molecular flexibility index (Phi) is 5.03. The third kappa shape index (κ3) is 3.84. The molecule has 1 aromatic heterocycles. The fraction of sp³-hybridized carbons (Fsp3) is 0.278. The molecule has 1 amide bonds. The van der Waals surface area contributed by atoms with E-state index in [-0.39, 0.29) is 12.0 Å². The van der Waals surface area contributed by atoms with E-state index < -0.39 is 0 Å². The van der Waals surface area contributed by atoms with Crippen LogP contribution in [0.15, 0.2) is 47.8 Å². The van der Waals surface area contributed by atoms with Gasteiger partial charge in [0, 0.05) is 23.6 Å². The van der Waals surface area contributed by atoms with Crippen molar-refractivity contribution in [3.05, 3.63) is 58.3 Å². The summed E-state index contributed by atoms with van der Waals surface area (Å²) in [7, 11) is 0. The largest absolute Gasteiger partial charge is 0.376 e. The maximum atomic E-state index is 12.6. The third-order valence-corrected chi connectivity index (χ3v) is 4.49. The van der Waals surface area contributed by atoms with Gasteiger partial charge in [0.2, 0.25) is 0 Å². The number of thiophene rings is 1. The standard InChI is InChI=1S/C18H19NO2S/c20-18(19-13-15-8-4-10-21-15)17(12-16-9-5-11-22-16)14-6-2-1-3-7-14/h1-3,5-7,9,11-12,15H,4,8,10,13H2,(H,19,20)/b17-12+/t15-/m1/s1. The summed E-state index contributed by atoms with van der Waals surface area (Å²) in [4.78, 5) is 13.7. The van der Waals surface area contributed by atoms with E-state index in [0.717, 1.165) is 29.9 Å². The molecule has 0 spiro atoms. The van der Waals surface area contributed by atoms with E-state index in [1.165, 1.54) is 0 Å². The van der Waals surface area contributed by atoms with Gasteiger partial charge in [0.1, 0.15) is 0 Å². The molecule has 2 aromatic rings. The summed E-state index contributed by atoms with van der Waals surface area (Å²) in [6.45, 7) is 1.38. The van der Waals surface area contributed by atoms with E-state index in [9.17, 15) is 4.79 Å². The number of hydrogen-bond donors (Lipinski definition) is 1. The summed E-state index contributed by atoms with van der Waals surface area (Å²) < 4.78 is 5.56. The van der Waals surface area contributed by atoms with Crippen molar-refractivity contribution in [1.82, 2.24) is 5.32 Å². The fourth-order valence-corrected chi connectivity index (χ4v) is 3.18. The summed E-state index contributed by atoms with van der Waals surface area (Å²) in [6, 6.07) is 13.8. The molecule has 1 aliphatic heterocycles. The van der Waals surface area contributed by atoms with Gasteiger partial charge in [-0.3, -0.25) is 4.79 Å². The maximum absolute atomic E-state index is 12.6. The molecule has 2 heterocycles. The van der Waals surface area contributed by atoms with Crippen molar-refractivity contribution in [3.8, 4) is 0 Å². The molecule has 0 bridgehead atoms. The zero-order valence-corrected chi connectivity index (χ0v) is 13.1. The molecular formula is C18H19NO2S. The summed E-state index contributed by atoms with van der Waals surface area (Å²) in [6.07, 6.45) is 4.21. The molecule has 22 heavy (non-hydrogen) atoms. The van der Waals surface area contributed by atoms with E-state index in [1.807, 2.05) is 53.9 Å². The molecule has 1 fully saturated rings. The average molecular weight is 313 g/mol. The second kappa shape index (κ2) is 7.38. The SMILES string of the molecule is O=C(NC[C@H]1CCCO1)/C(=C/c1cccs1)c1ccccc1. The molecule has 0 radical (unpaired) electrons. The second-order valence-corrected chi connectivity index (χ2v) is 6.26. The van der Waals surface area contributed by atoms with E-state index in [1.54, 1.807) is 11.3 Å². The second-order valence-electron chi connectivity index (χ2n) is 5.28. The van der Waals surface area contributed by atoms with Crippen LogP contribution in [0.3, 0.4) is 0 Å². The number of amides is 1. The van der Waals surface area contributed by atoms with Crippen LogP contribution < -0.4 is 5.32 Å². The van der Waals surface area contributed by atoms with Crippen molar-refractivity contribution in [3.63, 3.8) is 0 Å². The zero-order valence-electron chi connectivity index (χ0n) is 12.3. The van der Waals surface area contributed by atoms with Crippen molar-refractivity contribution >= 4 is 28.9 Å². The Balaban J connectivity index is 1.77. The van der Waals surface area contributed by atoms with Crippen molar-refractivity contribution in [1.29, 1.82) is 0 Å². The quantitative estimate of drug-likeness (QED) is 0.857. The first-order valence-corrected chi connectivity index (χ1v) is 8.41. The summed E-state index contributed by atoms with van der Waals surface area (Å²) in [5, 5.41) is 5.02. The van der Waals surface area contributed by atoms with Crippen LogP contribution in [0.1, 0.15) is 23.3 Å². The number of nitrogens with one attached hydrogen (secondary N) is 1. The molecule has 1 atom stereocenters. The first kappa shape index (κ1) is 15.0. The highest BCUT2D eigenvalue weighted by molar-refractivity contribution is 7.11. The van der Waals surface area contributed by atoms with Crippen molar-refractivity contribution < 1.29 is 9.53 Å². The number of hydrogen-bond acceptors (Lipinski definition) is 3. The third-order valence-electron chi connectivity index (χ3n) is 3.67. The highest BCUT2D eigenvalue weighted by atomic mass is 32.1. The van der Waals surface area contributed by atoms with Gasteiger partial charge in [-0.2, -0.15) is 0 Å². The van der Waals surface area contributed by atoms with Crippen LogP contribution in [-0.2, 0) is 9.53 Å². The first-order chi connectivity index (χ1) is 10.8. The lowest BCUT2D eigenvalue weighted by Gasteiger charge is -2.13. The molecule has 1 N–H and O–H groups in total. The maximum Gasteiger partial charge on any atom is 0.252 e. The molecule has 0 aliphatic carbocycles. The number of carbonyl (C=O) groups is 1. The number of carbonyl (C=O) groups excluding carboxylic acids is 1. The lowest BCUT2D eigenvalue weighted by atomic mass is 10.0. The topological polar surface area (TPSA) is 38.3 Å². The van der Waals surface area contributed by atoms with Gasteiger partial charge in [-0.05, 0) is 35.9 Å². The highest BCUT2D eigenvalue weighted by Crippen LogP contribution is 2.21. The average Bonchev–Trinajstić information content (AvgIpc) is 3.24. The molecule has 3 nitrogen and oxygen atoms in total. The monoisotopic (exact) mass is 313 g/mol. The van der Waals surface area contributed by atoms with Crippen LogP contribution in [0.4, 0.5) is 0 Å². The zero-order chi connectivity index (χ0) is 15.2. The first-order valence-electron chi connectivity index (χ1n) is 7.53. The Bertz CT molecular complexity index is 628. The van der Waals surface area contributed by atoms with Gasteiger partial charge in [0.25, 0.3) is 5.91 Å². The summed E-state index contributed by atoms with van der Waals surface area (Å²) >= 11 is 1.63. The van der Waals surface area contributed by atoms with E-state index in [0.29, 0.717) is 12.1 Å². The highest BCUT2D eigenvalue weighted by Gasteiger charge is 2.18. The lowest BCUT2D eigenvalue weighted by Crippen LogP contribution is -2.32. The minimum Gasteiger partial charge on any atom is -0.376 e. The molecule has 1 aromatic carbocycles. The smallest absolute Gasteiger partial charge is 0.252 e. The Labute approximate surface area is 134 Å². The minimum atomic E-state index is -0.0462. The normalized spacial score (nSPS) is 18.4. The summed E-state index contributed by atoms with van der Waals surface area (Å²) in [5.74, 6) is -0.0462. The lowest BCUT2D eigenvalue weighted by molar-refractivity contribution is -0.116. The fourth-order valence-electron chi connectivity index (χ4n) is 2.52. The Morgan fingerprint density at radius 2 is 2.14 bits per heavy atom.